The summed E-state index contributed by atoms with van der Waals surface area (Å²) in [6.07, 6.45) is 3.54. The van der Waals surface area contributed by atoms with Crippen molar-refractivity contribution >= 4 is 11.6 Å². The van der Waals surface area contributed by atoms with Crippen LogP contribution in [0.2, 0.25) is 0 Å². The number of nitrogens with one attached hydrogen (secondary N) is 2. The van der Waals surface area contributed by atoms with E-state index in [9.17, 15) is 4.79 Å². The molecule has 3 nitrogen and oxygen atoms in total. The minimum absolute atomic E-state index is 0.0477. The van der Waals surface area contributed by atoms with Crippen molar-refractivity contribution < 1.29 is 4.79 Å². The summed E-state index contributed by atoms with van der Waals surface area (Å²) in [5.74, 6) is 0.838. The van der Waals surface area contributed by atoms with Gasteiger partial charge < -0.3 is 10.6 Å². The third-order valence-electron chi connectivity index (χ3n) is 3.88. The van der Waals surface area contributed by atoms with E-state index in [2.05, 4.69) is 63.5 Å². The number of carbonyl (C=O) groups excluding carboxylic acids is 1. The van der Waals surface area contributed by atoms with Crippen LogP contribution in [0.4, 0.5) is 5.69 Å². The minimum Gasteiger partial charge on any atom is -0.324 e. The molecule has 22 heavy (non-hydrogen) atoms. The van der Waals surface area contributed by atoms with Crippen molar-refractivity contribution in [1.82, 2.24) is 5.32 Å². The van der Waals surface area contributed by atoms with E-state index in [-0.39, 0.29) is 5.91 Å². The molecule has 1 amide bonds. The SMILES string of the molecule is CCCCCNCC(=O)Nc1c(C(C)C)cccc1C(C)C. The van der Waals surface area contributed by atoms with Crippen LogP contribution in [0, 0.1) is 0 Å². The van der Waals surface area contributed by atoms with Crippen LogP contribution in [0.1, 0.15) is 76.8 Å². The molecule has 0 atom stereocenters. The first-order chi connectivity index (χ1) is 10.5. The van der Waals surface area contributed by atoms with Crippen LogP contribution in [0.25, 0.3) is 0 Å². The molecular formula is C19H32N2O. The van der Waals surface area contributed by atoms with E-state index in [1.165, 1.54) is 24.0 Å². The Balaban J connectivity index is 2.72. The molecule has 0 aliphatic rings. The summed E-state index contributed by atoms with van der Waals surface area (Å²) in [5, 5.41) is 6.36. The van der Waals surface area contributed by atoms with Crippen LogP contribution in [0.3, 0.4) is 0 Å². The maximum Gasteiger partial charge on any atom is 0.238 e. The van der Waals surface area contributed by atoms with E-state index in [4.69, 9.17) is 0 Å². The third-order valence-corrected chi connectivity index (χ3v) is 3.88. The molecule has 0 radical (unpaired) electrons. The van der Waals surface area contributed by atoms with Crippen molar-refractivity contribution in [3.8, 4) is 0 Å². The Bertz CT molecular complexity index is 440. The lowest BCUT2D eigenvalue weighted by Crippen LogP contribution is -2.29. The molecule has 1 rings (SSSR count). The Morgan fingerprint density at radius 3 is 2.14 bits per heavy atom. The number of unbranched alkanes of at least 4 members (excludes halogenated alkanes) is 2. The van der Waals surface area contributed by atoms with Crippen molar-refractivity contribution in [1.29, 1.82) is 0 Å². The summed E-state index contributed by atoms with van der Waals surface area (Å²) in [6, 6.07) is 6.31. The molecule has 0 heterocycles. The van der Waals surface area contributed by atoms with Crippen LogP contribution in [-0.2, 0) is 4.79 Å². The summed E-state index contributed by atoms with van der Waals surface area (Å²) in [6.45, 7) is 12.1. The van der Waals surface area contributed by atoms with Crippen LogP contribution in [0.5, 0.6) is 0 Å². The lowest BCUT2D eigenvalue weighted by molar-refractivity contribution is -0.115. The first-order valence-corrected chi connectivity index (χ1v) is 8.60. The summed E-state index contributed by atoms with van der Waals surface area (Å²) >= 11 is 0. The van der Waals surface area contributed by atoms with Crippen LogP contribution in [-0.4, -0.2) is 19.0 Å². The zero-order chi connectivity index (χ0) is 16.5. The van der Waals surface area contributed by atoms with Gasteiger partial charge in [0.25, 0.3) is 0 Å². The normalized spacial score (nSPS) is 11.2. The maximum atomic E-state index is 12.2. The zero-order valence-corrected chi connectivity index (χ0v) is 14.8. The first-order valence-electron chi connectivity index (χ1n) is 8.60. The van der Waals surface area contributed by atoms with Gasteiger partial charge in [-0.05, 0) is 35.9 Å². The highest BCUT2D eigenvalue weighted by Crippen LogP contribution is 2.32. The molecule has 3 heteroatoms. The van der Waals surface area contributed by atoms with Gasteiger partial charge in [-0.25, -0.2) is 0 Å². The lowest BCUT2D eigenvalue weighted by atomic mass is 9.92. The Morgan fingerprint density at radius 2 is 1.64 bits per heavy atom. The van der Waals surface area contributed by atoms with Crippen molar-refractivity contribution in [2.45, 2.75) is 65.7 Å². The molecule has 0 unspecified atom stereocenters. The maximum absolute atomic E-state index is 12.2. The number of benzene rings is 1. The van der Waals surface area contributed by atoms with Crippen LogP contribution in [0.15, 0.2) is 18.2 Å². The minimum atomic E-state index is 0.0477. The lowest BCUT2D eigenvalue weighted by Gasteiger charge is -2.20. The Hall–Kier alpha value is -1.35. The first kappa shape index (κ1) is 18.7. The van der Waals surface area contributed by atoms with Gasteiger partial charge in [0.05, 0.1) is 6.54 Å². The molecule has 124 valence electrons. The summed E-state index contributed by atoms with van der Waals surface area (Å²) in [4.78, 5) is 12.2. The molecule has 0 aromatic heterocycles. The number of carbonyl (C=O) groups is 1. The fourth-order valence-electron chi connectivity index (χ4n) is 2.58. The summed E-state index contributed by atoms with van der Waals surface area (Å²) in [5.41, 5.74) is 3.43. The molecule has 0 aliphatic carbocycles. The van der Waals surface area contributed by atoms with Gasteiger partial charge in [0.2, 0.25) is 5.91 Å². The monoisotopic (exact) mass is 304 g/mol. The van der Waals surface area contributed by atoms with Gasteiger partial charge in [0, 0.05) is 5.69 Å². The van der Waals surface area contributed by atoms with Crippen molar-refractivity contribution in [2.24, 2.45) is 0 Å². The van der Waals surface area contributed by atoms with Gasteiger partial charge >= 0.3 is 0 Å². The molecule has 2 N–H and O–H groups in total. The smallest absolute Gasteiger partial charge is 0.238 e. The predicted molar refractivity (Wildman–Crippen MR) is 95.6 cm³/mol. The molecule has 1 aromatic rings. The fourth-order valence-corrected chi connectivity index (χ4v) is 2.58. The van der Waals surface area contributed by atoms with Gasteiger partial charge in [0.15, 0.2) is 0 Å². The highest BCUT2D eigenvalue weighted by atomic mass is 16.1. The standard InChI is InChI=1S/C19H32N2O/c1-6-7-8-12-20-13-18(22)21-19-16(14(2)3)10-9-11-17(19)15(4)5/h9-11,14-15,20H,6-8,12-13H2,1-5H3,(H,21,22). The highest BCUT2D eigenvalue weighted by Gasteiger charge is 2.15. The average Bonchev–Trinajstić information content (AvgIpc) is 2.46. The number of para-hydroxylation sites is 1. The van der Waals surface area contributed by atoms with Gasteiger partial charge in [-0.1, -0.05) is 65.7 Å². The second kappa shape index (κ2) is 9.62. The Kier molecular flexibility index (Phi) is 8.18. The van der Waals surface area contributed by atoms with E-state index in [1.54, 1.807) is 0 Å². The van der Waals surface area contributed by atoms with E-state index in [0.717, 1.165) is 18.7 Å². The molecule has 0 saturated carbocycles. The number of hydrogen-bond donors (Lipinski definition) is 2. The third kappa shape index (κ3) is 5.80. The van der Waals surface area contributed by atoms with Crippen molar-refractivity contribution in [3.05, 3.63) is 29.3 Å². The predicted octanol–water partition coefficient (Wildman–Crippen LogP) is 4.65. The largest absolute Gasteiger partial charge is 0.324 e. The second-order valence-electron chi connectivity index (χ2n) is 6.55. The van der Waals surface area contributed by atoms with E-state index >= 15 is 0 Å². The number of rotatable bonds is 9. The zero-order valence-electron chi connectivity index (χ0n) is 14.8. The quantitative estimate of drug-likeness (QED) is 0.652. The van der Waals surface area contributed by atoms with Crippen LogP contribution >= 0.6 is 0 Å². The molecule has 0 spiro atoms. The van der Waals surface area contributed by atoms with Crippen LogP contribution < -0.4 is 10.6 Å². The Labute approximate surface area is 135 Å². The topological polar surface area (TPSA) is 41.1 Å². The van der Waals surface area contributed by atoms with Gasteiger partial charge in [-0.3, -0.25) is 4.79 Å². The molecule has 0 aliphatic heterocycles. The number of hydrogen-bond acceptors (Lipinski definition) is 2. The Morgan fingerprint density at radius 1 is 1.05 bits per heavy atom. The van der Waals surface area contributed by atoms with Crippen molar-refractivity contribution in [2.75, 3.05) is 18.4 Å². The van der Waals surface area contributed by atoms with E-state index in [1.807, 2.05) is 0 Å². The fraction of sp³-hybridized carbons (Fsp3) is 0.632. The van der Waals surface area contributed by atoms with Gasteiger partial charge in [-0.15, -0.1) is 0 Å². The van der Waals surface area contributed by atoms with E-state index in [0.29, 0.717) is 18.4 Å². The molecular weight excluding hydrogens is 272 g/mol. The van der Waals surface area contributed by atoms with Gasteiger partial charge in [0.1, 0.15) is 0 Å². The highest BCUT2D eigenvalue weighted by molar-refractivity contribution is 5.94. The average molecular weight is 304 g/mol. The van der Waals surface area contributed by atoms with Crippen molar-refractivity contribution in [3.63, 3.8) is 0 Å². The van der Waals surface area contributed by atoms with E-state index < -0.39 is 0 Å². The molecule has 0 fully saturated rings. The summed E-state index contributed by atoms with van der Waals surface area (Å²) < 4.78 is 0. The number of amides is 1. The molecule has 0 saturated heterocycles. The molecule has 1 aromatic carbocycles. The second-order valence-corrected chi connectivity index (χ2v) is 6.55. The number of anilines is 1. The molecule has 0 bridgehead atoms. The summed E-state index contributed by atoms with van der Waals surface area (Å²) in [7, 11) is 0. The van der Waals surface area contributed by atoms with Gasteiger partial charge in [-0.2, -0.15) is 0 Å².